The number of hydrogen-bond donors (Lipinski definition) is 0. The van der Waals surface area contributed by atoms with Crippen LogP contribution in [0.4, 0.5) is 0 Å². The molecule has 4 nitrogen and oxygen atoms in total. The summed E-state index contributed by atoms with van der Waals surface area (Å²) in [4.78, 5) is 11.5. The summed E-state index contributed by atoms with van der Waals surface area (Å²) in [5.74, 6) is 0.299. The van der Waals surface area contributed by atoms with E-state index in [2.05, 4.69) is 0 Å². The lowest BCUT2D eigenvalue weighted by molar-refractivity contribution is -0.182. The molecule has 1 heterocycles. The van der Waals surface area contributed by atoms with Crippen molar-refractivity contribution < 1.29 is 19.0 Å². The lowest BCUT2D eigenvalue weighted by Gasteiger charge is -2.24. The average molecular weight is 268 g/mol. The molecule has 0 radical (unpaired) electrons. The number of rotatable bonds is 5. The largest absolute Gasteiger partial charge is 0.463 e. The third-order valence-corrected chi connectivity index (χ3v) is 3.78. The van der Waals surface area contributed by atoms with Gasteiger partial charge in [0.15, 0.2) is 6.29 Å². The van der Waals surface area contributed by atoms with Gasteiger partial charge in [0.05, 0.1) is 19.8 Å². The molecule has 1 aliphatic carbocycles. The minimum atomic E-state index is -0.199. The van der Waals surface area contributed by atoms with E-state index >= 15 is 0 Å². The standard InChI is InChI=1S/C15H24O4/c1-2-17-14(16)11-13-6-3-5-12(13)7-8-15-18-9-4-10-19-15/h11-12,15H,2-10H2,1H3/b13-11+. The van der Waals surface area contributed by atoms with E-state index in [1.54, 1.807) is 6.08 Å². The highest BCUT2D eigenvalue weighted by Crippen LogP contribution is 2.35. The third kappa shape index (κ3) is 4.62. The first kappa shape index (κ1) is 14.5. The van der Waals surface area contributed by atoms with Crippen molar-refractivity contribution in [1.29, 1.82) is 0 Å². The first-order valence-electron chi connectivity index (χ1n) is 7.40. The zero-order valence-corrected chi connectivity index (χ0v) is 11.7. The van der Waals surface area contributed by atoms with Gasteiger partial charge >= 0.3 is 5.97 Å². The Labute approximate surface area is 115 Å². The van der Waals surface area contributed by atoms with E-state index in [0.29, 0.717) is 12.5 Å². The van der Waals surface area contributed by atoms with Crippen LogP contribution in [0.3, 0.4) is 0 Å². The molecule has 1 aliphatic heterocycles. The smallest absolute Gasteiger partial charge is 0.330 e. The van der Waals surface area contributed by atoms with Crippen molar-refractivity contribution in [3.63, 3.8) is 0 Å². The fourth-order valence-electron chi connectivity index (χ4n) is 2.84. The molecule has 0 N–H and O–H groups in total. The minimum Gasteiger partial charge on any atom is -0.463 e. The van der Waals surface area contributed by atoms with E-state index < -0.39 is 0 Å². The highest BCUT2D eigenvalue weighted by atomic mass is 16.7. The van der Waals surface area contributed by atoms with Gasteiger partial charge < -0.3 is 14.2 Å². The topological polar surface area (TPSA) is 44.8 Å². The van der Waals surface area contributed by atoms with Gasteiger partial charge in [0, 0.05) is 6.08 Å². The molecule has 108 valence electrons. The maximum absolute atomic E-state index is 11.5. The fourth-order valence-corrected chi connectivity index (χ4v) is 2.84. The monoisotopic (exact) mass is 268 g/mol. The number of hydrogen-bond acceptors (Lipinski definition) is 4. The predicted molar refractivity (Wildman–Crippen MR) is 71.6 cm³/mol. The van der Waals surface area contributed by atoms with Crippen LogP contribution in [0.15, 0.2) is 11.6 Å². The van der Waals surface area contributed by atoms with Gasteiger partial charge in [-0.25, -0.2) is 4.79 Å². The van der Waals surface area contributed by atoms with Gasteiger partial charge in [-0.2, -0.15) is 0 Å². The molecule has 0 spiro atoms. The van der Waals surface area contributed by atoms with Crippen LogP contribution in [0.1, 0.15) is 45.4 Å². The quantitative estimate of drug-likeness (QED) is 0.568. The van der Waals surface area contributed by atoms with Crippen molar-refractivity contribution in [1.82, 2.24) is 0 Å². The Balaban J connectivity index is 1.79. The molecular formula is C15H24O4. The second-order valence-electron chi connectivity index (χ2n) is 5.16. The number of esters is 1. The van der Waals surface area contributed by atoms with Crippen molar-refractivity contribution in [3.05, 3.63) is 11.6 Å². The lowest BCUT2D eigenvalue weighted by Crippen LogP contribution is -2.25. The maximum Gasteiger partial charge on any atom is 0.330 e. The highest BCUT2D eigenvalue weighted by molar-refractivity contribution is 5.82. The Morgan fingerprint density at radius 1 is 1.32 bits per heavy atom. The van der Waals surface area contributed by atoms with Gasteiger partial charge in [-0.1, -0.05) is 5.57 Å². The van der Waals surface area contributed by atoms with Gasteiger partial charge in [0.2, 0.25) is 0 Å². The normalized spacial score (nSPS) is 26.8. The first-order valence-corrected chi connectivity index (χ1v) is 7.40. The molecular weight excluding hydrogens is 244 g/mol. The molecule has 2 rings (SSSR count). The van der Waals surface area contributed by atoms with Crippen molar-refractivity contribution in [2.75, 3.05) is 19.8 Å². The molecule has 0 aromatic rings. The molecule has 2 aliphatic rings. The Morgan fingerprint density at radius 3 is 2.84 bits per heavy atom. The number of ether oxygens (including phenoxy) is 3. The van der Waals surface area contributed by atoms with Crippen molar-refractivity contribution in [3.8, 4) is 0 Å². The molecule has 1 saturated carbocycles. The summed E-state index contributed by atoms with van der Waals surface area (Å²) in [6.45, 7) is 3.89. The average Bonchev–Trinajstić information content (AvgIpc) is 2.85. The van der Waals surface area contributed by atoms with E-state index in [-0.39, 0.29) is 12.3 Å². The molecule has 2 fully saturated rings. The molecule has 19 heavy (non-hydrogen) atoms. The van der Waals surface area contributed by atoms with Crippen LogP contribution in [0.5, 0.6) is 0 Å². The zero-order valence-electron chi connectivity index (χ0n) is 11.7. The molecule has 0 bridgehead atoms. The Kier molecular flexibility index (Phi) is 5.86. The van der Waals surface area contributed by atoms with Crippen LogP contribution in [0, 0.1) is 5.92 Å². The van der Waals surface area contributed by atoms with Crippen LogP contribution < -0.4 is 0 Å². The molecule has 0 amide bonds. The van der Waals surface area contributed by atoms with E-state index in [9.17, 15) is 4.79 Å². The van der Waals surface area contributed by atoms with Crippen molar-refractivity contribution >= 4 is 5.97 Å². The molecule has 1 unspecified atom stereocenters. The summed E-state index contributed by atoms with van der Waals surface area (Å²) < 4.78 is 16.1. The summed E-state index contributed by atoms with van der Waals surface area (Å²) in [6, 6.07) is 0. The van der Waals surface area contributed by atoms with E-state index in [0.717, 1.165) is 45.3 Å². The molecule has 1 atom stereocenters. The minimum absolute atomic E-state index is 0.0433. The summed E-state index contributed by atoms with van der Waals surface area (Å²) in [6.07, 6.45) is 7.97. The second kappa shape index (κ2) is 7.65. The summed E-state index contributed by atoms with van der Waals surface area (Å²) in [5.41, 5.74) is 1.24. The summed E-state index contributed by atoms with van der Waals surface area (Å²) >= 11 is 0. The van der Waals surface area contributed by atoms with E-state index in [1.165, 1.54) is 12.0 Å². The SMILES string of the molecule is CCOC(=O)/C=C1\CCCC1CCC1OCCCO1. The van der Waals surface area contributed by atoms with Crippen LogP contribution in [0.25, 0.3) is 0 Å². The molecule has 4 heteroatoms. The first-order chi connectivity index (χ1) is 9.29. The summed E-state index contributed by atoms with van der Waals surface area (Å²) in [5, 5.41) is 0. The van der Waals surface area contributed by atoms with Crippen molar-refractivity contribution in [2.24, 2.45) is 5.92 Å². The van der Waals surface area contributed by atoms with Crippen LogP contribution in [-0.4, -0.2) is 32.1 Å². The van der Waals surface area contributed by atoms with Crippen LogP contribution >= 0.6 is 0 Å². The van der Waals surface area contributed by atoms with Gasteiger partial charge in [-0.05, 0) is 51.4 Å². The number of allylic oxidation sites excluding steroid dienone is 1. The Bertz CT molecular complexity index is 318. The Hall–Kier alpha value is -0.870. The fraction of sp³-hybridized carbons (Fsp3) is 0.800. The van der Waals surface area contributed by atoms with Gasteiger partial charge in [0.1, 0.15) is 0 Å². The Morgan fingerprint density at radius 2 is 2.11 bits per heavy atom. The highest BCUT2D eigenvalue weighted by Gasteiger charge is 2.24. The second-order valence-corrected chi connectivity index (χ2v) is 5.16. The molecule has 0 aromatic carbocycles. The van der Waals surface area contributed by atoms with Crippen LogP contribution in [0.2, 0.25) is 0 Å². The van der Waals surface area contributed by atoms with E-state index in [4.69, 9.17) is 14.2 Å². The number of carbonyl (C=O) groups excluding carboxylic acids is 1. The molecule has 0 aromatic heterocycles. The summed E-state index contributed by atoms with van der Waals surface area (Å²) in [7, 11) is 0. The third-order valence-electron chi connectivity index (χ3n) is 3.78. The maximum atomic E-state index is 11.5. The van der Waals surface area contributed by atoms with E-state index in [1.807, 2.05) is 6.92 Å². The van der Waals surface area contributed by atoms with Crippen LogP contribution in [-0.2, 0) is 19.0 Å². The van der Waals surface area contributed by atoms with Gasteiger partial charge in [0.25, 0.3) is 0 Å². The van der Waals surface area contributed by atoms with Crippen molar-refractivity contribution in [2.45, 2.75) is 51.7 Å². The number of carbonyl (C=O) groups is 1. The predicted octanol–water partition coefficient (Wildman–Crippen LogP) is 2.82. The van der Waals surface area contributed by atoms with Gasteiger partial charge in [-0.3, -0.25) is 0 Å². The lowest BCUT2D eigenvalue weighted by atomic mass is 9.96. The van der Waals surface area contributed by atoms with Gasteiger partial charge in [-0.15, -0.1) is 0 Å². The zero-order chi connectivity index (χ0) is 13.5. The molecule has 1 saturated heterocycles.